The van der Waals surface area contributed by atoms with Gasteiger partial charge in [-0.2, -0.15) is 0 Å². The van der Waals surface area contributed by atoms with Gasteiger partial charge < -0.3 is 20.1 Å². The van der Waals surface area contributed by atoms with Crippen molar-refractivity contribution >= 4 is 23.6 Å². The first kappa shape index (κ1) is 25.6. The summed E-state index contributed by atoms with van der Waals surface area (Å²) in [6.07, 6.45) is 0.171. The van der Waals surface area contributed by atoms with Crippen LogP contribution in [-0.2, 0) is 20.7 Å². The zero-order valence-electron chi connectivity index (χ0n) is 19.5. The number of esters is 1. The number of benzene rings is 2. The van der Waals surface area contributed by atoms with Crippen LogP contribution in [0.3, 0.4) is 0 Å². The molecule has 2 rings (SSSR count). The van der Waals surface area contributed by atoms with Crippen LogP contribution in [-0.4, -0.2) is 58.8 Å². The quantitative estimate of drug-likeness (QED) is 0.342. The molecule has 0 fully saturated rings. The molecule has 0 unspecified atom stereocenters. The van der Waals surface area contributed by atoms with Gasteiger partial charge in [0.15, 0.2) is 0 Å². The Labute approximate surface area is 193 Å². The summed E-state index contributed by atoms with van der Waals surface area (Å²) in [6, 6.07) is 10.8. The largest absolute Gasteiger partial charge is 0.508 e. The molecule has 33 heavy (non-hydrogen) atoms. The number of phenolic OH excluding ortho intramolecular Hbond substituents is 1. The molecule has 0 spiro atoms. The molecule has 0 saturated carbocycles. The van der Waals surface area contributed by atoms with Crippen LogP contribution in [0, 0.1) is 0 Å². The number of nitrogens with zero attached hydrogens (tertiary/aromatic N) is 1. The van der Waals surface area contributed by atoms with Gasteiger partial charge in [0.25, 0.3) is 11.8 Å². The second-order valence-corrected chi connectivity index (χ2v) is 8.23. The van der Waals surface area contributed by atoms with Gasteiger partial charge in [-0.05, 0) is 57.5 Å². The summed E-state index contributed by atoms with van der Waals surface area (Å²) in [4.78, 5) is 51.6. The van der Waals surface area contributed by atoms with Gasteiger partial charge in [0, 0.05) is 29.6 Å². The van der Waals surface area contributed by atoms with E-state index in [2.05, 4.69) is 5.32 Å². The highest BCUT2D eigenvalue weighted by Crippen LogP contribution is 2.14. The fraction of sp³-hybridized carbons (Fsp3) is 0.360. The monoisotopic (exact) mass is 454 g/mol. The number of Topliss-reactive ketones (excluding diaryl/α,β-unsaturated/α-hetero) is 1. The molecule has 0 aromatic heterocycles. The number of ketones is 1. The molecule has 0 heterocycles. The summed E-state index contributed by atoms with van der Waals surface area (Å²) in [5.74, 6) is -2.30. The number of carbonyl (C=O) groups is 4. The molecular weight excluding hydrogens is 424 g/mol. The first-order chi connectivity index (χ1) is 15.5. The maximum atomic E-state index is 12.7. The smallest absolute Gasteiger partial charge is 0.328 e. The minimum Gasteiger partial charge on any atom is -0.508 e. The minimum atomic E-state index is -0.944. The Balaban J connectivity index is 2.14. The van der Waals surface area contributed by atoms with Crippen molar-refractivity contribution in [2.45, 2.75) is 52.2 Å². The van der Waals surface area contributed by atoms with Crippen molar-refractivity contribution in [3.63, 3.8) is 0 Å². The molecule has 8 heteroatoms. The highest BCUT2D eigenvalue weighted by Gasteiger charge is 2.28. The van der Waals surface area contributed by atoms with Gasteiger partial charge in [-0.25, -0.2) is 4.79 Å². The standard InChI is InChI=1S/C25H30N2O6/c1-15(2)27(16(3)4)24(31)22(29)18-8-10-19(11-9-18)23(30)26-21(25(32)33-5)14-17-6-12-20(28)13-7-17/h6-13,15-16,21,28H,14H2,1-5H3,(H,26,30)/t21-/m0/s1. The van der Waals surface area contributed by atoms with Crippen LogP contribution in [0.2, 0.25) is 0 Å². The lowest BCUT2D eigenvalue weighted by Gasteiger charge is -2.30. The zero-order valence-corrected chi connectivity index (χ0v) is 19.5. The van der Waals surface area contributed by atoms with Crippen molar-refractivity contribution in [3.8, 4) is 5.75 Å². The Kier molecular flexibility index (Phi) is 8.73. The van der Waals surface area contributed by atoms with E-state index in [1.54, 1.807) is 12.1 Å². The van der Waals surface area contributed by atoms with E-state index < -0.39 is 29.6 Å². The Morgan fingerprint density at radius 2 is 1.39 bits per heavy atom. The molecule has 1 atom stereocenters. The second-order valence-electron chi connectivity index (χ2n) is 8.23. The normalized spacial score (nSPS) is 11.7. The van der Waals surface area contributed by atoms with E-state index in [9.17, 15) is 24.3 Å². The van der Waals surface area contributed by atoms with Crippen LogP contribution in [0.1, 0.15) is 54.0 Å². The number of hydrogen-bond acceptors (Lipinski definition) is 6. The van der Waals surface area contributed by atoms with Gasteiger partial charge in [-0.1, -0.05) is 24.3 Å². The van der Waals surface area contributed by atoms with Gasteiger partial charge in [0.2, 0.25) is 5.78 Å². The molecule has 0 aliphatic heterocycles. The average molecular weight is 455 g/mol. The average Bonchev–Trinajstić information content (AvgIpc) is 2.78. The van der Waals surface area contributed by atoms with Crippen molar-refractivity contribution in [2.24, 2.45) is 0 Å². The molecule has 2 amide bonds. The highest BCUT2D eigenvalue weighted by molar-refractivity contribution is 6.42. The molecular formula is C25H30N2O6. The molecule has 2 aromatic rings. The summed E-state index contributed by atoms with van der Waals surface area (Å²) in [6.45, 7) is 7.37. The van der Waals surface area contributed by atoms with Crippen molar-refractivity contribution in [3.05, 3.63) is 65.2 Å². The Morgan fingerprint density at radius 1 is 0.879 bits per heavy atom. The number of hydrogen-bond donors (Lipinski definition) is 2. The fourth-order valence-corrected chi connectivity index (χ4v) is 3.52. The number of rotatable bonds is 9. The lowest BCUT2D eigenvalue weighted by atomic mass is 10.0. The topological polar surface area (TPSA) is 113 Å². The number of carbonyl (C=O) groups excluding carboxylic acids is 4. The second kappa shape index (κ2) is 11.3. The van der Waals surface area contributed by atoms with Crippen molar-refractivity contribution < 1.29 is 29.0 Å². The van der Waals surface area contributed by atoms with Gasteiger partial charge >= 0.3 is 5.97 Å². The summed E-state index contributed by atoms with van der Waals surface area (Å²) >= 11 is 0. The number of nitrogens with one attached hydrogen (secondary N) is 1. The Hall–Kier alpha value is -3.68. The van der Waals surface area contributed by atoms with Crippen molar-refractivity contribution in [1.29, 1.82) is 0 Å². The number of amides is 2. The predicted octanol–water partition coefficient (Wildman–Crippen LogP) is 2.73. The van der Waals surface area contributed by atoms with Crippen LogP contribution >= 0.6 is 0 Å². The van der Waals surface area contributed by atoms with Gasteiger partial charge in [-0.15, -0.1) is 0 Å². The van der Waals surface area contributed by atoms with Gasteiger partial charge in [-0.3, -0.25) is 14.4 Å². The van der Waals surface area contributed by atoms with Crippen LogP contribution in [0.25, 0.3) is 0 Å². The highest BCUT2D eigenvalue weighted by atomic mass is 16.5. The predicted molar refractivity (Wildman–Crippen MR) is 123 cm³/mol. The third kappa shape index (κ3) is 6.65. The lowest BCUT2D eigenvalue weighted by Crippen LogP contribution is -2.45. The van der Waals surface area contributed by atoms with Crippen molar-refractivity contribution in [2.75, 3.05) is 7.11 Å². The third-order valence-electron chi connectivity index (χ3n) is 5.12. The van der Waals surface area contributed by atoms with Crippen LogP contribution in [0.15, 0.2) is 48.5 Å². The van der Waals surface area contributed by atoms with E-state index in [1.807, 2.05) is 27.7 Å². The van der Waals surface area contributed by atoms with E-state index in [4.69, 9.17) is 4.74 Å². The molecule has 2 aromatic carbocycles. The molecule has 0 aliphatic carbocycles. The molecule has 0 radical (unpaired) electrons. The number of ether oxygens (including phenoxy) is 1. The molecule has 176 valence electrons. The van der Waals surface area contributed by atoms with Gasteiger partial charge in [0.1, 0.15) is 11.8 Å². The molecule has 0 saturated heterocycles. The number of methoxy groups -OCH3 is 1. The SMILES string of the molecule is COC(=O)[C@H](Cc1ccc(O)cc1)NC(=O)c1ccc(C(=O)C(=O)N(C(C)C)C(C)C)cc1. The van der Waals surface area contributed by atoms with E-state index in [1.165, 1.54) is 48.4 Å². The summed E-state index contributed by atoms with van der Waals surface area (Å²) in [7, 11) is 1.23. The first-order valence-electron chi connectivity index (χ1n) is 10.7. The molecule has 0 bridgehead atoms. The van der Waals surface area contributed by atoms with Crippen LogP contribution in [0.4, 0.5) is 0 Å². The zero-order chi connectivity index (χ0) is 24.7. The maximum absolute atomic E-state index is 12.7. The summed E-state index contributed by atoms with van der Waals surface area (Å²) in [5.41, 5.74) is 1.13. The summed E-state index contributed by atoms with van der Waals surface area (Å²) < 4.78 is 4.79. The Morgan fingerprint density at radius 3 is 1.88 bits per heavy atom. The van der Waals surface area contributed by atoms with E-state index in [0.29, 0.717) is 0 Å². The van der Waals surface area contributed by atoms with Crippen molar-refractivity contribution in [1.82, 2.24) is 10.2 Å². The molecule has 2 N–H and O–H groups in total. The van der Waals surface area contributed by atoms with E-state index >= 15 is 0 Å². The molecule has 8 nitrogen and oxygen atoms in total. The van der Waals surface area contributed by atoms with E-state index in [-0.39, 0.29) is 35.4 Å². The van der Waals surface area contributed by atoms with Gasteiger partial charge in [0.05, 0.1) is 7.11 Å². The van der Waals surface area contributed by atoms with Crippen LogP contribution < -0.4 is 5.32 Å². The fourth-order valence-electron chi connectivity index (χ4n) is 3.52. The lowest BCUT2D eigenvalue weighted by molar-refractivity contribution is -0.142. The van der Waals surface area contributed by atoms with Crippen LogP contribution in [0.5, 0.6) is 5.75 Å². The minimum absolute atomic E-state index is 0.0930. The summed E-state index contributed by atoms with van der Waals surface area (Å²) in [5, 5.41) is 12.0. The number of phenols is 1. The maximum Gasteiger partial charge on any atom is 0.328 e. The Bertz CT molecular complexity index is 989. The third-order valence-corrected chi connectivity index (χ3v) is 5.12. The first-order valence-corrected chi connectivity index (χ1v) is 10.7. The number of aromatic hydroxyl groups is 1. The van der Waals surface area contributed by atoms with E-state index in [0.717, 1.165) is 5.56 Å². The molecule has 0 aliphatic rings.